The van der Waals surface area contributed by atoms with Crippen molar-refractivity contribution in [1.82, 2.24) is 14.9 Å². The molecule has 1 aliphatic heterocycles. The predicted molar refractivity (Wildman–Crippen MR) is 107 cm³/mol. The van der Waals surface area contributed by atoms with Crippen LogP contribution < -0.4 is 15.4 Å². The first-order valence-corrected chi connectivity index (χ1v) is 9.57. The quantitative estimate of drug-likeness (QED) is 0.720. The van der Waals surface area contributed by atoms with Crippen LogP contribution in [0.4, 0.5) is 10.5 Å². The molecule has 0 saturated carbocycles. The lowest BCUT2D eigenvalue weighted by atomic mass is 10.2. The molecule has 0 bridgehead atoms. The van der Waals surface area contributed by atoms with Gasteiger partial charge in [0.1, 0.15) is 0 Å². The molecule has 7 nitrogen and oxygen atoms in total. The summed E-state index contributed by atoms with van der Waals surface area (Å²) in [4.78, 5) is 25.0. The van der Waals surface area contributed by atoms with Crippen LogP contribution in [0.1, 0.15) is 0 Å². The van der Waals surface area contributed by atoms with Crippen LogP contribution in [0.2, 0.25) is 0 Å². The highest BCUT2D eigenvalue weighted by molar-refractivity contribution is 7.99. The molecular formula is C19H21N5O2S. The van der Waals surface area contributed by atoms with Gasteiger partial charge in [-0.05, 0) is 43.4 Å². The maximum Gasteiger partial charge on any atom is 0.412 e. The maximum absolute atomic E-state index is 10.9. The number of hydrogen-bond donors (Lipinski definition) is 2. The summed E-state index contributed by atoms with van der Waals surface area (Å²) in [5.41, 5.74) is 7.81. The zero-order valence-corrected chi connectivity index (χ0v) is 15.8. The van der Waals surface area contributed by atoms with Crippen molar-refractivity contribution in [2.24, 2.45) is 5.73 Å². The number of rotatable bonds is 4. The van der Waals surface area contributed by atoms with Crippen LogP contribution in [0.5, 0.6) is 6.01 Å². The number of aromatic amines is 1. The van der Waals surface area contributed by atoms with E-state index < -0.39 is 6.09 Å². The molecule has 3 aromatic rings. The van der Waals surface area contributed by atoms with E-state index in [0.717, 1.165) is 42.1 Å². The first kappa shape index (κ1) is 17.7. The van der Waals surface area contributed by atoms with Gasteiger partial charge in [-0.25, -0.2) is 4.79 Å². The number of benzene rings is 2. The summed E-state index contributed by atoms with van der Waals surface area (Å²) in [6.45, 7) is 4.27. The average molecular weight is 383 g/mol. The number of nitrogens with two attached hydrogens (primary N) is 1. The average Bonchev–Trinajstić information content (AvgIpc) is 3.03. The maximum atomic E-state index is 10.9. The molecule has 1 saturated heterocycles. The number of anilines is 1. The molecule has 8 heteroatoms. The fourth-order valence-corrected chi connectivity index (χ4v) is 4.02. The van der Waals surface area contributed by atoms with Gasteiger partial charge in [-0.1, -0.05) is 17.8 Å². The van der Waals surface area contributed by atoms with Gasteiger partial charge in [0.2, 0.25) is 0 Å². The summed E-state index contributed by atoms with van der Waals surface area (Å²) in [6.07, 6.45) is -0.885. The van der Waals surface area contributed by atoms with Crippen molar-refractivity contribution in [2.75, 3.05) is 38.1 Å². The van der Waals surface area contributed by atoms with Crippen LogP contribution >= 0.6 is 11.8 Å². The van der Waals surface area contributed by atoms with E-state index in [2.05, 4.69) is 51.1 Å². The van der Waals surface area contributed by atoms with E-state index in [9.17, 15) is 4.79 Å². The van der Waals surface area contributed by atoms with Crippen LogP contribution in [0.25, 0.3) is 11.0 Å². The smallest absolute Gasteiger partial charge is 0.376 e. The summed E-state index contributed by atoms with van der Waals surface area (Å²) in [5.74, 6) is 0. The number of hydrogen-bond acceptors (Lipinski definition) is 6. The first-order chi connectivity index (χ1) is 13.1. The second kappa shape index (κ2) is 7.50. The van der Waals surface area contributed by atoms with E-state index >= 15 is 0 Å². The highest BCUT2D eigenvalue weighted by Crippen LogP contribution is 2.32. The molecule has 1 aliphatic rings. The molecular weight excluding hydrogens is 362 g/mol. The minimum Gasteiger partial charge on any atom is -0.376 e. The summed E-state index contributed by atoms with van der Waals surface area (Å²) in [6, 6.07) is 14.6. The van der Waals surface area contributed by atoms with Gasteiger partial charge in [0, 0.05) is 41.7 Å². The predicted octanol–water partition coefficient (Wildman–Crippen LogP) is 2.92. The molecule has 0 unspecified atom stereocenters. The van der Waals surface area contributed by atoms with Crippen molar-refractivity contribution in [3.63, 3.8) is 0 Å². The Morgan fingerprint density at radius 2 is 1.93 bits per heavy atom. The highest BCUT2D eigenvalue weighted by atomic mass is 32.2. The number of nitrogens with zero attached hydrogens (tertiary/aromatic N) is 3. The molecule has 4 rings (SSSR count). The number of carbonyl (C=O) groups is 1. The number of aromatic nitrogens is 2. The number of ether oxygens (including phenoxy) is 1. The number of H-pyrrole nitrogens is 1. The van der Waals surface area contributed by atoms with Gasteiger partial charge in [-0.2, -0.15) is 4.98 Å². The van der Waals surface area contributed by atoms with Crippen molar-refractivity contribution >= 4 is 34.6 Å². The Bertz CT molecular complexity index is 966. The van der Waals surface area contributed by atoms with Gasteiger partial charge < -0.3 is 25.3 Å². The van der Waals surface area contributed by atoms with Gasteiger partial charge in [0.15, 0.2) is 0 Å². The number of piperazine rings is 1. The SMILES string of the molecule is CN1CCN(c2cccc(Sc3ccc4[nH]c(OC(N)=O)nc4c3)c2)CC1. The second-order valence-electron chi connectivity index (χ2n) is 6.53. The molecule has 2 aromatic carbocycles. The molecule has 27 heavy (non-hydrogen) atoms. The Kier molecular flexibility index (Phi) is 4.91. The molecule has 140 valence electrons. The molecule has 2 heterocycles. The van der Waals surface area contributed by atoms with E-state index in [1.807, 2.05) is 18.2 Å². The van der Waals surface area contributed by atoms with Crippen LogP contribution in [-0.4, -0.2) is 54.2 Å². The Hall–Kier alpha value is -2.71. The molecule has 0 radical (unpaired) electrons. The molecule has 0 atom stereocenters. The number of primary amides is 1. The van der Waals surface area contributed by atoms with Crippen LogP contribution in [0.15, 0.2) is 52.3 Å². The summed E-state index contributed by atoms with van der Waals surface area (Å²) >= 11 is 1.68. The summed E-state index contributed by atoms with van der Waals surface area (Å²) in [7, 11) is 2.16. The Morgan fingerprint density at radius 3 is 2.70 bits per heavy atom. The third-order valence-corrected chi connectivity index (χ3v) is 5.53. The number of likely N-dealkylation sites (N-methyl/N-ethyl adjacent to an activating group) is 1. The summed E-state index contributed by atoms with van der Waals surface area (Å²) in [5, 5.41) is 0. The van der Waals surface area contributed by atoms with Crippen molar-refractivity contribution in [3.05, 3.63) is 42.5 Å². The summed E-state index contributed by atoms with van der Waals surface area (Å²) < 4.78 is 4.80. The molecule has 3 N–H and O–H groups in total. The minimum atomic E-state index is -0.885. The zero-order chi connectivity index (χ0) is 18.8. The lowest BCUT2D eigenvalue weighted by Crippen LogP contribution is -2.44. The number of carbonyl (C=O) groups excluding carboxylic acids is 1. The van der Waals surface area contributed by atoms with Crippen LogP contribution in [-0.2, 0) is 0 Å². The third-order valence-electron chi connectivity index (χ3n) is 4.55. The lowest BCUT2D eigenvalue weighted by molar-refractivity contribution is 0.207. The third kappa shape index (κ3) is 4.17. The monoisotopic (exact) mass is 383 g/mol. The standard InChI is InChI=1S/C19H21N5O2S/c1-23-7-9-24(10-8-23)13-3-2-4-14(11-13)27-15-5-6-16-17(12-15)22-19(21-16)26-18(20)25/h2-6,11-12H,7-10H2,1H3,(H2,20,25)(H,21,22). The van der Waals surface area contributed by atoms with Gasteiger partial charge >= 0.3 is 12.1 Å². The van der Waals surface area contributed by atoms with E-state index in [0.29, 0.717) is 0 Å². The van der Waals surface area contributed by atoms with Crippen molar-refractivity contribution < 1.29 is 9.53 Å². The van der Waals surface area contributed by atoms with Crippen molar-refractivity contribution in [3.8, 4) is 6.01 Å². The highest BCUT2D eigenvalue weighted by Gasteiger charge is 2.14. The number of fused-ring (bicyclic) bond motifs is 1. The normalized spacial score (nSPS) is 15.2. The fourth-order valence-electron chi connectivity index (χ4n) is 3.11. The molecule has 1 aromatic heterocycles. The minimum absolute atomic E-state index is 0.108. The topological polar surface area (TPSA) is 87.5 Å². The van der Waals surface area contributed by atoms with E-state index in [1.54, 1.807) is 11.8 Å². The fraction of sp³-hybridized carbons (Fsp3) is 0.263. The number of nitrogens with one attached hydrogen (secondary N) is 1. The van der Waals surface area contributed by atoms with Gasteiger partial charge in [0.25, 0.3) is 0 Å². The molecule has 1 amide bonds. The Morgan fingerprint density at radius 1 is 1.15 bits per heavy atom. The second-order valence-corrected chi connectivity index (χ2v) is 7.68. The lowest BCUT2D eigenvalue weighted by Gasteiger charge is -2.34. The van der Waals surface area contributed by atoms with Crippen molar-refractivity contribution in [1.29, 1.82) is 0 Å². The van der Waals surface area contributed by atoms with E-state index in [-0.39, 0.29) is 6.01 Å². The molecule has 1 fully saturated rings. The van der Waals surface area contributed by atoms with Gasteiger partial charge in [-0.3, -0.25) is 0 Å². The Labute approximate surface area is 161 Å². The van der Waals surface area contributed by atoms with Gasteiger partial charge in [0.05, 0.1) is 11.0 Å². The van der Waals surface area contributed by atoms with Crippen molar-refractivity contribution in [2.45, 2.75) is 9.79 Å². The molecule has 0 spiro atoms. The van der Waals surface area contributed by atoms with Gasteiger partial charge in [-0.15, -0.1) is 0 Å². The number of imidazole rings is 1. The van der Waals surface area contributed by atoms with Crippen LogP contribution in [0.3, 0.4) is 0 Å². The zero-order valence-electron chi connectivity index (χ0n) is 15.0. The number of amides is 1. The molecule has 0 aliphatic carbocycles. The largest absolute Gasteiger partial charge is 0.412 e. The van der Waals surface area contributed by atoms with Crippen LogP contribution in [0, 0.1) is 0 Å². The van der Waals surface area contributed by atoms with E-state index in [4.69, 9.17) is 10.5 Å². The van der Waals surface area contributed by atoms with E-state index in [1.165, 1.54) is 10.6 Å². The first-order valence-electron chi connectivity index (χ1n) is 8.75. The Balaban J connectivity index is 1.51.